The van der Waals surface area contributed by atoms with Crippen molar-refractivity contribution in [3.8, 4) is 0 Å². The maximum absolute atomic E-state index is 5.56. The Balaban J connectivity index is 0.000000465. The van der Waals surface area contributed by atoms with Crippen LogP contribution in [0.15, 0.2) is 36.7 Å². The number of hydrogen-bond acceptors (Lipinski definition) is 6. The van der Waals surface area contributed by atoms with E-state index in [0.29, 0.717) is 11.9 Å². The number of nitrogens with two attached hydrogens (primary N) is 1. The molecule has 0 aromatic carbocycles. The zero-order chi connectivity index (χ0) is 15.3. The van der Waals surface area contributed by atoms with Crippen LogP contribution in [0.5, 0.6) is 0 Å². The fourth-order valence-electron chi connectivity index (χ4n) is 1.50. The first-order chi connectivity index (χ1) is 10.3. The van der Waals surface area contributed by atoms with Crippen molar-refractivity contribution in [2.45, 2.75) is 33.1 Å². The SMILES string of the molecule is C1=CC=CNC=C1.CCCNc1nc(N)nc(CCC)n1.O. The topological polar surface area (TPSA) is 120 Å². The summed E-state index contributed by atoms with van der Waals surface area (Å²) in [5.74, 6) is 1.64. The van der Waals surface area contributed by atoms with Gasteiger partial charge in [-0.05, 0) is 25.0 Å². The fourth-order valence-corrected chi connectivity index (χ4v) is 1.50. The summed E-state index contributed by atoms with van der Waals surface area (Å²) in [7, 11) is 0. The van der Waals surface area contributed by atoms with Gasteiger partial charge in [0.25, 0.3) is 0 Å². The monoisotopic (exact) mass is 306 g/mol. The summed E-state index contributed by atoms with van der Waals surface area (Å²) in [5.41, 5.74) is 5.56. The Morgan fingerprint density at radius 3 is 2.27 bits per heavy atom. The number of aromatic nitrogens is 3. The molecule has 0 saturated heterocycles. The van der Waals surface area contributed by atoms with E-state index in [1.165, 1.54) is 0 Å². The molecule has 1 aromatic heterocycles. The molecule has 0 bridgehead atoms. The molecule has 0 radical (unpaired) electrons. The van der Waals surface area contributed by atoms with E-state index in [-0.39, 0.29) is 5.48 Å². The van der Waals surface area contributed by atoms with Gasteiger partial charge in [-0.1, -0.05) is 26.0 Å². The van der Waals surface area contributed by atoms with Gasteiger partial charge in [-0.2, -0.15) is 15.0 Å². The largest absolute Gasteiger partial charge is 0.412 e. The first kappa shape index (κ1) is 19.6. The molecule has 7 nitrogen and oxygen atoms in total. The van der Waals surface area contributed by atoms with Crippen LogP contribution in [0.2, 0.25) is 0 Å². The van der Waals surface area contributed by atoms with Gasteiger partial charge in [0.05, 0.1) is 0 Å². The number of nitrogens with one attached hydrogen (secondary N) is 2. The predicted octanol–water partition coefficient (Wildman–Crippen LogP) is 1.58. The van der Waals surface area contributed by atoms with Gasteiger partial charge in [0.1, 0.15) is 5.82 Å². The first-order valence-corrected chi connectivity index (χ1v) is 7.25. The molecule has 1 aromatic rings. The molecule has 0 atom stereocenters. The van der Waals surface area contributed by atoms with Crippen molar-refractivity contribution in [3.05, 3.63) is 42.5 Å². The average molecular weight is 306 g/mol. The van der Waals surface area contributed by atoms with E-state index in [2.05, 4.69) is 39.4 Å². The van der Waals surface area contributed by atoms with Gasteiger partial charge in [0.15, 0.2) is 0 Å². The van der Waals surface area contributed by atoms with Crippen LogP contribution in [-0.4, -0.2) is 27.0 Å². The molecule has 0 fully saturated rings. The van der Waals surface area contributed by atoms with E-state index >= 15 is 0 Å². The smallest absolute Gasteiger partial charge is 0.227 e. The maximum atomic E-state index is 5.56. The summed E-state index contributed by atoms with van der Waals surface area (Å²) in [5, 5.41) is 6.02. The van der Waals surface area contributed by atoms with Crippen molar-refractivity contribution in [3.63, 3.8) is 0 Å². The Morgan fingerprint density at radius 2 is 1.68 bits per heavy atom. The number of rotatable bonds is 5. The van der Waals surface area contributed by atoms with Gasteiger partial charge in [0, 0.05) is 25.4 Å². The van der Waals surface area contributed by atoms with E-state index in [0.717, 1.165) is 31.6 Å². The minimum atomic E-state index is 0. The van der Waals surface area contributed by atoms with Gasteiger partial charge in [0.2, 0.25) is 11.9 Å². The van der Waals surface area contributed by atoms with Crippen LogP contribution >= 0.6 is 0 Å². The molecule has 7 heteroatoms. The lowest BCUT2D eigenvalue weighted by atomic mass is 10.3. The number of aryl methyl sites for hydroxylation is 1. The third-order valence-corrected chi connectivity index (χ3v) is 2.42. The van der Waals surface area contributed by atoms with Gasteiger partial charge < -0.3 is 21.8 Å². The second kappa shape index (κ2) is 12.3. The average Bonchev–Trinajstić information content (AvgIpc) is 2.78. The highest BCUT2D eigenvalue weighted by Gasteiger charge is 2.02. The van der Waals surface area contributed by atoms with Crippen molar-refractivity contribution in [2.75, 3.05) is 17.6 Å². The third kappa shape index (κ3) is 8.70. The van der Waals surface area contributed by atoms with Crippen molar-refractivity contribution in [1.29, 1.82) is 0 Å². The number of nitrogen functional groups attached to an aromatic ring is 1. The van der Waals surface area contributed by atoms with Crippen molar-refractivity contribution in [2.24, 2.45) is 0 Å². The molecule has 0 aliphatic carbocycles. The molecule has 22 heavy (non-hydrogen) atoms. The van der Waals surface area contributed by atoms with E-state index < -0.39 is 0 Å². The van der Waals surface area contributed by atoms with Crippen LogP contribution in [-0.2, 0) is 6.42 Å². The molecule has 2 rings (SSSR count). The summed E-state index contributed by atoms with van der Waals surface area (Å²) in [6.07, 6.45) is 14.5. The Labute approximate surface area is 131 Å². The highest BCUT2D eigenvalue weighted by molar-refractivity contribution is 5.30. The highest BCUT2D eigenvalue weighted by Crippen LogP contribution is 2.04. The Morgan fingerprint density at radius 1 is 1.00 bits per heavy atom. The first-order valence-electron chi connectivity index (χ1n) is 7.25. The molecular weight excluding hydrogens is 280 g/mol. The normalized spacial score (nSPS) is 11.5. The highest BCUT2D eigenvalue weighted by atomic mass is 16.0. The van der Waals surface area contributed by atoms with Gasteiger partial charge >= 0.3 is 0 Å². The van der Waals surface area contributed by atoms with E-state index in [1.54, 1.807) is 0 Å². The predicted molar refractivity (Wildman–Crippen MR) is 91.2 cm³/mol. The molecule has 0 unspecified atom stereocenters. The molecule has 122 valence electrons. The number of anilines is 2. The fraction of sp³-hybridized carbons (Fsp3) is 0.400. The number of hydrogen-bond donors (Lipinski definition) is 3. The van der Waals surface area contributed by atoms with Crippen molar-refractivity contribution in [1.82, 2.24) is 20.3 Å². The molecule has 1 aliphatic heterocycles. The lowest BCUT2D eigenvalue weighted by Gasteiger charge is -2.05. The lowest BCUT2D eigenvalue weighted by Crippen LogP contribution is -2.10. The molecule has 0 amide bonds. The van der Waals surface area contributed by atoms with Crippen molar-refractivity contribution >= 4 is 11.9 Å². The number of nitrogens with zero attached hydrogens (tertiary/aromatic N) is 3. The Kier molecular flexibility index (Phi) is 11.0. The van der Waals surface area contributed by atoms with E-state index in [4.69, 9.17) is 5.73 Å². The molecule has 0 saturated carbocycles. The second-order valence-corrected chi connectivity index (χ2v) is 4.38. The summed E-state index contributed by atoms with van der Waals surface area (Å²) in [6.45, 7) is 5.03. The van der Waals surface area contributed by atoms with Crippen molar-refractivity contribution < 1.29 is 5.48 Å². The van der Waals surface area contributed by atoms with Crippen LogP contribution in [0.4, 0.5) is 11.9 Å². The molecule has 1 aliphatic rings. The van der Waals surface area contributed by atoms with Crippen LogP contribution in [0.1, 0.15) is 32.5 Å². The Hall–Kier alpha value is -2.41. The van der Waals surface area contributed by atoms with Crippen LogP contribution in [0.3, 0.4) is 0 Å². The van der Waals surface area contributed by atoms with Gasteiger partial charge in [-0.25, -0.2) is 0 Å². The third-order valence-electron chi connectivity index (χ3n) is 2.42. The molecule has 6 N–H and O–H groups in total. The van der Waals surface area contributed by atoms with Gasteiger partial charge in [-0.3, -0.25) is 0 Å². The molecule has 2 heterocycles. The zero-order valence-electron chi connectivity index (χ0n) is 13.2. The van der Waals surface area contributed by atoms with Gasteiger partial charge in [-0.15, -0.1) is 0 Å². The minimum Gasteiger partial charge on any atom is -0.412 e. The summed E-state index contributed by atoms with van der Waals surface area (Å²) >= 11 is 0. The standard InChI is InChI=1S/C9H17N5.C6H7N.H2O/c1-3-5-7-12-8(10)14-9(13-7)11-6-4-2;1-2-4-6-7-5-3-1;/h3-6H2,1-2H3,(H3,10,11,12,13,14);1-7H;1H2. The minimum absolute atomic E-state index is 0. The molecular formula is C15H26N6O. The maximum Gasteiger partial charge on any atom is 0.227 e. The lowest BCUT2D eigenvalue weighted by molar-refractivity contribution is 0.818. The number of allylic oxidation sites excluding steroid dienone is 4. The summed E-state index contributed by atoms with van der Waals surface area (Å²) in [6, 6.07) is 0. The zero-order valence-corrected chi connectivity index (χ0v) is 13.2. The second-order valence-electron chi connectivity index (χ2n) is 4.38. The van der Waals surface area contributed by atoms with Crippen LogP contribution < -0.4 is 16.4 Å². The van der Waals surface area contributed by atoms with E-state index in [9.17, 15) is 0 Å². The Bertz CT molecular complexity index is 485. The summed E-state index contributed by atoms with van der Waals surface area (Å²) in [4.78, 5) is 12.3. The van der Waals surface area contributed by atoms with E-state index in [1.807, 2.05) is 36.7 Å². The quantitative estimate of drug-likeness (QED) is 0.759. The summed E-state index contributed by atoms with van der Waals surface area (Å²) < 4.78 is 0. The molecule has 0 spiro atoms. The van der Waals surface area contributed by atoms with Crippen LogP contribution in [0.25, 0.3) is 0 Å². The van der Waals surface area contributed by atoms with Crippen LogP contribution in [0, 0.1) is 0 Å².